The first-order chi connectivity index (χ1) is 14.0. The summed E-state index contributed by atoms with van der Waals surface area (Å²) in [5.74, 6) is 3.85. The van der Waals surface area contributed by atoms with Crippen LogP contribution in [0.15, 0.2) is 24.3 Å². The molecule has 0 unspecified atom stereocenters. The lowest BCUT2D eigenvalue weighted by atomic mass is 10.1. The zero-order chi connectivity index (χ0) is 22.5. The molecule has 0 aliphatic carbocycles. The van der Waals surface area contributed by atoms with Crippen LogP contribution in [-0.2, 0) is 6.18 Å². The molecule has 0 radical (unpaired) electrons. The van der Waals surface area contributed by atoms with Gasteiger partial charge in [-0.05, 0) is 12.1 Å². The van der Waals surface area contributed by atoms with Crippen LogP contribution in [0.4, 0.5) is 24.5 Å². The summed E-state index contributed by atoms with van der Waals surface area (Å²) in [6.07, 6.45) is -4.61. The number of nitro groups is 1. The number of nitrogen functional groups attached to an aromatic ring is 1. The van der Waals surface area contributed by atoms with Crippen LogP contribution < -0.4 is 15.8 Å². The number of amides is 1. The molecule has 1 amide bonds. The number of aromatic nitrogens is 1. The molecule has 2 rings (SSSR count). The van der Waals surface area contributed by atoms with Crippen LogP contribution in [0.5, 0.6) is 5.88 Å². The van der Waals surface area contributed by atoms with Gasteiger partial charge in [-0.1, -0.05) is 35.0 Å². The molecular weight excluding hydrogens is 452 g/mol. The fraction of sp³-hybridized carbons (Fsp3) is 0.176. The topological polar surface area (TPSA) is 120 Å². The number of rotatable bonds is 5. The van der Waals surface area contributed by atoms with E-state index in [1.165, 1.54) is 0 Å². The molecule has 0 aliphatic rings. The Labute approximate surface area is 177 Å². The first-order valence-corrected chi connectivity index (χ1v) is 8.59. The van der Waals surface area contributed by atoms with E-state index in [0.717, 1.165) is 12.1 Å². The van der Waals surface area contributed by atoms with Gasteiger partial charge in [0.15, 0.2) is 6.61 Å². The quantitative estimate of drug-likeness (QED) is 0.229. The highest BCUT2D eigenvalue weighted by atomic mass is 35.5. The molecule has 1 aromatic heterocycles. The lowest BCUT2D eigenvalue weighted by Crippen LogP contribution is -2.24. The molecule has 2 aromatic rings. The van der Waals surface area contributed by atoms with Crippen LogP contribution in [0.3, 0.4) is 0 Å². The first-order valence-electron chi connectivity index (χ1n) is 7.84. The van der Waals surface area contributed by atoms with Crippen molar-refractivity contribution in [1.29, 1.82) is 0 Å². The highest BCUT2D eigenvalue weighted by Crippen LogP contribution is 2.32. The summed E-state index contributed by atoms with van der Waals surface area (Å²) in [5, 5.41) is 12.8. The number of hydrogen-bond donors (Lipinski definition) is 2. The molecule has 0 fully saturated rings. The predicted octanol–water partition coefficient (Wildman–Crippen LogP) is 3.71. The van der Waals surface area contributed by atoms with E-state index in [1.807, 2.05) is 0 Å². The highest BCUT2D eigenvalue weighted by molar-refractivity contribution is 6.34. The van der Waals surface area contributed by atoms with Gasteiger partial charge >= 0.3 is 6.18 Å². The van der Waals surface area contributed by atoms with Gasteiger partial charge < -0.3 is 15.8 Å². The molecule has 0 atom stereocenters. The van der Waals surface area contributed by atoms with Gasteiger partial charge in [0.05, 0.1) is 27.6 Å². The van der Waals surface area contributed by atoms with Gasteiger partial charge in [-0.25, -0.2) is 4.98 Å². The third kappa shape index (κ3) is 6.13. The Kier molecular flexibility index (Phi) is 7.31. The summed E-state index contributed by atoms with van der Waals surface area (Å²) >= 11 is 11.4. The second kappa shape index (κ2) is 9.51. The number of carbonyl (C=O) groups excluding carboxylic acids is 1. The molecule has 1 aromatic carbocycles. The number of pyridine rings is 1. The molecule has 0 bridgehead atoms. The maximum absolute atomic E-state index is 12.7. The number of hydrogen-bond acceptors (Lipinski definition) is 6. The third-order valence-electron chi connectivity index (χ3n) is 3.41. The number of anilines is 1. The molecule has 0 aliphatic heterocycles. The van der Waals surface area contributed by atoms with E-state index in [4.69, 9.17) is 33.7 Å². The average Bonchev–Trinajstić information content (AvgIpc) is 2.63. The summed E-state index contributed by atoms with van der Waals surface area (Å²) in [4.78, 5) is 25.8. The molecule has 1 heterocycles. The van der Waals surface area contributed by atoms with Gasteiger partial charge in [-0.15, -0.1) is 0 Å². The van der Waals surface area contributed by atoms with Gasteiger partial charge in [0.2, 0.25) is 5.88 Å². The van der Waals surface area contributed by atoms with Crippen molar-refractivity contribution < 1.29 is 27.6 Å². The van der Waals surface area contributed by atoms with Crippen molar-refractivity contribution in [1.82, 2.24) is 10.3 Å². The Morgan fingerprint density at radius 1 is 1.27 bits per heavy atom. The van der Waals surface area contributed by atoms with Gasteiger partial charge in [-0.3, -0.25) is 14.9 Å². The van der Waals surface area contributed by atoms with Gasteiger partial charge in [0.25, 0.3) is 11.6 Å². The summed E-state index contributed by atoms with van der Waals surface area (Å²) in [7, 11) is 0. The standard InChI is InChI=1S/C17H11Cl2F3N4O4/c18-11-8-12(23)13(26(28)29)7-10(11)16(27)24-3-1-2-4-30-15-6-9(17(20,21)22)5-14(19)25-15/h5-8H,3-4,23H2,(H,24,27). The number of nitrogens with two attached hydrogens (primary N) is 1. The lowest BCUT2D eigenvalue weighted by molar-refractivity contribution is -0.383. The molecule has 3 N–H and O–H groups in total. The van der Waals surface area contributed by atoms with Crippen LogP contribution in [0.2, 0.25) is 10.2 Å². The molecule has 158 valence electrons. The van der Waals surface area contributed by atoms with Crippen molar-refractivity contribution in [3.8, 4) is 17.7 Å². The second-order valence-corrected chi connectivity index (χ2v) is 6.28. The minimum atomic E-state index is -4.61. The number of halogens is 5. The number of nitro benzene ring substituents is 1. The zero-order valence-electron chi connectivity index (χ0n) is 14.7. The van der Waals surface area contributed by atoms with E-state index >= 15 is 0 Å². The Hall–Kier alpha value is -3.23. The summed E-state index contributed by atoms with van der Waals surface area (Å²) in [5.41, 5.74) is 3.61. The largest absolute Gasteiger partial charge is 0.464 e. The van der Waals surface area contributed by atoms with Crippen molar-refractivity contribution in [2.75, 3.05) is 18.9 Å². The van der Waals surface area contributed by atoms with Crippen molar-refractivity contribution in [3.05, 3.63) is 55.7 Å². The fourth-order valence-corrected chi connectivity index (χ4v) is 2.52. The van der Waals surface area contributed by atoms with Crippen molar-refractivity contribution >= 4 is 40.5 Å². The van der Waals surface area contributed by atoms with E-state index < -0.39 is 33.4 Å². The molecular formula is C17H11Cl2F3N4O4. The monoisotopic (exact) mass is 462 g/mol. The molecule has 0 saturated carbocycles. The second-order valence-electron chi connectivity index (χ2n) is 5.49. The van der Waals surface area contributed by atoms with E-state index in [0.29, 0.717) is 12.1 Å². The first kappa shape index (κ1) is 23.1. The minimum Gasteiger partial charge on any atom is -0.464 e. The van der Waals surface area contributed by atoms with Gasteiger partial charge in [-0.2, -0.15) is 13.2 Å². The smallest absolute Gasteiger partial charge is 0.416 e. The van der Waals surface area contributed by atoms with Crippen LogP contribution in [0.25, 0.3) is 0 Å². The van der Waals surface area contributed by atoms with Gasteiger partial charge in [0, 0.05) is 12.1 Å². The normalized spacial score (nSPS) is 10.7. The SMILES string of the molecule is Nc1cc(Cl)c(C(=O)NCC#CCOc2cc(C(F)(F)F)cc(Cl)n2)cc1[N+](=O)[O-]. The number of nitrogens with one attached hydrogen (secondary N) is 1. The molecule has 30 heavy (non-hydrogen) atoms. The van der Waals surface area contributed by atoms with Gasteiger partial charge in [0.1, 0.15) is 10.8 Å². The zero-order valence-corrected chi connectivity index (χ0v) is 16.2. The third-order valence-corrected chi connectivity index (χ3v) is 3.92. The fourth-order valence-electron chi connectivity index (χ4n) is 2.06. The number of ether oxygens (including phenoxy) is 1. The van der Waals surface area contributed by atoms with Crippen molar-refractivity contribution in [2.24, 2.45) is 0 Å². The molecule has 0 spiro atoms. The summed E-state index contributed by atoms with van der Waals surface area (Å²) < 4.78 is 43.1. The molecule has 13 heteroatoms. The van der Waals surface area contributed by atoms with Crippen LogP contribution in [0.1, 0.15) is 15.9 Å². The number of alkyl halides is 3. The average molecular weight is 463 g/mol. The minimum absolute atomic E-state index is 0.0839. The molecule has 8 nitrogen and oxygen atoms in total. The Bertz CT molecular complexity index is 1050. The maximum atomic E-state index is 12.7. The predicted molar refractivity (Wildman–Crippen MR) is 102 cm³/mol. The van der Waals surface area contributed by atoms with E-state index in [2.05, 4.69) is 22.1 Å². The lowest BCUT2D eigenvalue weighted by Gasteiger charge is -2.08. The Morgan fingerprint density at radius 2 is 1.97 bits per heavy atom. The number of carbonyl (C=O) groups is 1. The number of nitrogens with zero attached hydrogens (tertiary/aromatic N) is 2. The van der Waals surface area contributed by atoms with Crippen molar-refractivity contribution in [3.63, 3.8) is 0 Å². The van der Waals surface area contributed by atoms with Crippen LogP contribution >= 0.6 is 23.2 Å². The Balaban J connectivity index is 1.94. The highest BCUT2D eigenvalue weighted by Gasteiger charge is 2.31. The van der Waals surface area contributed by atoms with E-state index in [-0.39, 0.29) is 35.3 Å². The number of benzene rings is 1. The van der Waals surface area contributed by atoms with E-state index in [9.17, 15) is 28.1 Å². The summed E-state index contributed by atoms with van der Waals surface area (Å²) in [6.45, 7) is -0.512. The summed E-state index contributed by atoms with van der Waals surface area (Å²) in [6, 6.07) is 3.35. The van der Waals surface area contributed by atoms with Crippen LogP contribution in [0, 0.1) is 22.0 Å². The molecule has 0 saturated heterocycles. The van der Waals surface area contributed by atoms with Crippen LogP contribution in [-0.4, -0.2) is 29.0 Å². The van der Waals surface area contributed by atoms with E-state index in [1.54, 1.807) is 0 Å². The van der Waals surface area contributed by atoms with Crippen molar-refractivity contribution in [2.45, 2.75) is 6.18 Å². The maximum Gasteiger partial charge on any atom is 0.416 e. The Morgan fingerprint density at radius 3 is 2.60 bits per heavy atom.